The van der Waals surface area contributed by atoms with E-state index in [2.05, 4.69) is 5.32 Å². The molecule has 27 heavy (non-hydrogen) atoms. The lowest BCUT2D eigenvalue weighted by Gasteiger charge is -2.17. The number of halogens is 4. The zero-order valence-electron chi connectivity index (χ0n) is 14.5. The van der Waals surface area contributed by atoms with Gasteiger partial charge >= 0.3 is 6.18 Å². The van der Waals surface area contributed by atoms with Crippen LogP contribution in [0.25, 0.3) is 5.70 Å². The van der Waals surface area contributed by atoms with Gasteiger partial charge in [0, 0.05) is 17.5 Å². The number of nitrogens with one attached hydrogen (secondary N) is 2. The van der Waals surface area contributed by atoms with Crippen molar-refractivity contribution in [3.8, 4) is 0 Å². The van der Waals surface area contributed by atoms with Gasteiger partial charge in [-0.25, -0.2) is 4.39 Å². The number of benzene rings is 2. The third-order valence-corrected chi connectivity index (χ3v) is 3.62. The number of rotatable bonds is 7. The number of hydrogen-bond donors (Lipinski definition) is 3. The molecule has 144 valence electrons. The molecule has 0 amide bonds. The number of ether oxygens (including phenoxy) is 1. The van der Waals surface area contributed by atoms with Crippen LogP contribution in [0.3, 0.4) is 0 Å². The summed E-state index contributed by atoms with van der Waals surface area (Å²) in [7, 11) is 0. The second-order valence-corrected chi connectivity index (χ2v) is 5.84. The number of alkyl halides is 3. The Kier molecular flexibility index (Phi) is 6.57. The van der Waals surface area contributed by atoms with Gasteiger partial charge in [0.2, 0.25) is 0 Å². The Morgan fingerprint density at radius 3 is 2.48 bits per heavy atom. The Bertz CT molecular complexity index is 816. The summed E-state index contributed by atoms with van der Waals surface area (Å²) in [6.45, 7) is 0.722. The van der Waals surface area contributed by atoms with E-state index in [1.165, 1.54) is 30.3 Å². The highest BCUT2D eigenvalue weighted by molar-refractivity contribution is 5.98. The van der Waals surface area contributed by atoms with Crippen LogP contribution < -0.4 is 11.1 Å². The molecule has 4 N–H and O–H groups in total. The maximum atomic E-state index is 13.1. The van der Waals surface area contributed by atoms with Gasteiger partial charge in [-0.1, -0.05) is 18.2 Å². The molecule has 2 aromatic carbocycles. The quantitative estimate of drug-likeness (QED) is 0.370. The molecule has 0 radical (unpaired) electrons. The van der Waals surface area contributed by atoms with E-state index in [4.69, 9.17) is 15.9 Å². The first kappa shape index (κ1) is 20.4. The van der Waals surface area contributed by atoms with E-state index >= 15 is 0 Å². The Labute approximate surface area is 154 Å². The third kappa shape index (κ3) is 6.41. The third-order valence-electron chi connectivity index (χ3n) is 3.62. The van der Waals surface area contributed by atoms with Gasteiger partial charge in [0.1, 0.15) is 11.7 Å². The summed E-state index contributed by atoms with van der Waals surface area (Å²) in [5.41, 5.74) is 7.58. The van der Waals surface area contributed by atoms with Crippen LogP contribution in [0.15, 0.2) is 54.6 Å². The molecule has 8 heteroatoms. The summed E-state index contributed by atoms with van der Waals surface area (Å²) in [4.78, 5) is 0. The van der Waals surface area contributed by atoms with Crippen molar-refractivity contribution in [3.63, 3.8) is 0 Å². The summed E-state index contributed by atoms with van der Waals surface area (Å²) >= 11 is 0. The van der Waals surface area contributed by atoms with Crippen LogP contribution in [0, 0.1) is 11.2 Å². The number of amidine groups is 1. The second kappa shape index (κ2) is 8.68. The first-order chi connectivity index (χ1) is 12.6. The molecule has 2 rings (SSSR count). The SMILES string of the molecule is C[C@@H](OCc1cccc(/C(=C/C(=N)N)Nc2ccc(F)cc2)c1)C(F)(F)F. The summed E-state index contributed by atoms with van der Waals surface area (Å²) in [5.74, 6) is -0.609. The van der Waals surface area contributed by atoms with Crippen molar-refractivity contribution in [2.45, 2.75) is 25.8 Å². The van der Waals surface area contributed by atoms with Crippen LogP contribution in [0.5, 0.6) is 0 Å². The molecule has 0 saturated carbocycles. The summed E-state index contributed by atoms with van der Waals surface area (Å²) in [6.07, 6.45) is -4.95. The molecular weight excluding hydrogens is 362 g/mol. The van der Waals surface area contributed by atoms with Crippen molar-refractivity contribution in [1.82, 2.24) is 0 Å². The topological polar surface area (TPSA) is 71.1 Å². The van der Waals surface area contributed by atoms with Gasteiger partial charge in [0.05, 0.1) is 6.61 Å². The molecule has 0 fully saturated rings. The Hall–Kier alpha value is -2.87. The van der Waals surface area contributed by atoms with Gasteiger partial charge in [0.25, 0.3) is 0 Å². The van der Waals surface area contributed by atoms with Crippen LogP contribution in [-0.2, 0) is 11.3 Å². The normalized spacial score (nSPS) is 13.3. The molecule has 0 unspecified atom stereocenters. The number of anilines is 1. The molecule has 0 saturated heterocycles. The van der Waals surface area contributed by atoms with Crippen molar-refractivity contribution >= 4 is 17.2 Å². The molecule has 0 aliphatic heterocycles. The lowest BCUT2D eigenvalue weighted by atomic mass is 10.1. The zero-order valence-corrected chi connectivity index (χ0v) is 14.5. The maximum absolute atomic E-state index is 13.1. The first-order valence-corrected chi connectivity index (χ1v) is 8.01. The Morgan fingerprint density at radius 1 is 1.22 bits per heavy atom. The first-order valence-electron chi connectivity index (χ1n) is 8.01. The van der Waals surface area contributed by atoms with Gasteiger partial charge in [-0.2, -0.15) is 13.2 Å². The van der Waals surface area contributed by atoms with Crippen LogP contribution in [0.2, 0.25) is 0 Å². The van der Waals surface area contributed by atoms with Gasteiger partial charge in [-0.3, -0.25) is 5.41 Å². The molecule has 1 atom stereocenters. The van der Waals surface area contributed by atoms with Crippen molar-refractivity contribution in [2.24, 2.45) is 5.73 Å². The highest BCUT2D eigenvalue weighted by atomic mass is 19.4. The molecule has 0 aliphatic rings. The fourth-order valence-electron chi connectivity index (χ4n) is 2.18. The lowest BCUT2D eigenvalue weighted by Crippen LogP contribution is -2.28. The fourth-order valence-corrected chi connectivity index (χ4v) is 2.18. The van der Waals surface area contributed by atoms with Gasteiger partial charge in [-0.05, 0) is 48.4 Å². The highest BCUT2D eigenvalue weighted by Crippen LogP contribution is 2.24. The van der Waals surface area contributed by atoms with Crippen LogP contribution in [-0.4, -0.2) is 18.1 Å². The Morgan fingerprint density at radius 2 is 1.89 bits per heavy atom. The van der Waals surface area contributed by atoms with Crippen molar-refractivity contribution in [2.75, 3.05) is 5.32 Å². The predicted octanol–water partition coefficient (Wildman–Crippen LogP) is 4.68. The van der Waals surface area contributed by atoms with E-state index in [9.17, 15) is 17.6 Å². The van der Waals surface area contributed by atoms with Crippen LogP contribution in [0.4, 0.5) is 23.2 Å². The fraction of sp³-hybridized carbons (Fsp3) is 0.211. The maximum Gasteiger partial charge on any atom is 0.414 e. The molecule has 0 aliphatic carbocycles. The smallest absolute Gasteiger partial charge is 0.384 e. The standard InChI is InChI=1S/C19H19F4N3O/c1-12(19(21,22)23)27-11-13-3-2-4-14(9-13)17(10-18(24)25)26-16-7-5-15(20)6-8-16/h2-10,12,26H,11H2,1H3,(H3,24,25)/b17-10-/t12-/m1/s1. The van der Waals surface area contributed by atoms with E-state index < -0.39 is 18.1 Å². The van der Waals surface area contributed by atoms with Gasteiger partial charge in [-0.15, -0.1) is 0 Å². The van der Waals surface area contributed by atoms with E-state index in [1.54, 1.807) is 24.3 Å². The van der Waals surface area contributed by atoms with E-state index in [1.807, 2.05) is 0 Å². The molecular formula is C19H19F4N3O. The summed E-state index contributed by atoms with van der Waals surface area (Å²) in [5, 5.41) is 10.5. The molecule has 0 aromatic heterocycles. The van der Waals surface area contributed by atoms with E-state index in [-0.39, 0.29) is 12.4 Å². The van der Waals surface area contributed by atoms with Crippen LogP contribution in [0.1, 0.15) is 18.1 Å². The average molecular weight is 381 g/mol. The number of hydrogen-bond acceptors (Lipinski definition) is 3. The minimum Gasteiger partial charge on any atom is -0.384 e. The number of nitrogens with two attached hydrogens (primary N) is 1. The van der Waals surface area contributed by atoms with E-state index in [0.29, 0.717) is 22.5 Å². The average Bonchev–Trinajstić information content (AvgIpc) is 2.60. The lowest BCUT2D eigenvalue weighted by molar-refractivity contribution is -0.217. The minimum absolute atomic E-state index is 0.216. The largest absolute Gasteiger partial charge is 0.414 e. The highest BCUT2D eigenvalue weighted by Gasteiger charge is 2.36. The summed E-state index contributed by atoms with van der Waals surface area (Å²) in [6, 6.07) is 12.2. The van der Waals surface area contributed by atoms with Crippen molar-refractivity contribution in [3.05, 3.63) is 71.6 Å². The molecule has 2 aromatic rings. The van der Waals surface area contributed by atoms with Crippen molar-refractivity contribution in [1.29, 1.82) is 5.41 Å². The minimum atomic E-state index is -4.43. The monoisotopic (exact) mass is 381 g/mol. The zero-order chi connectivity index (χ0) is 20.0. The second-order valence-electron chi connectivity index (χ2n) is 5.84. The van der Waals surface area contributed by atoms with Crippen LogP contribution >= 0.6 is 0 Å². The Balaban J connectivity index is 2.21. The van der Waals surface area contributed by atoms with E-state index in [0.717, 1.165) is 6.92 Å². The molecule has 0 heterocycles. The van der Waals surface area contributed by atoms with Crippen molar-refractivity contribution < 1.29 is 22.3 Å². The molecule has 4 nitrogen and oxygen atoms in total. The molecule has 0 spiro atoms. The summed E-state index contributed by atoms with van der Waals surface area (Å²) < 4.78 is 55.6. The molecule has 0 bridgehead atoms. The van der Waals surface area contributed by atoms with Gasteiger partial charge < -0.3 is 15.8 Å². The van der Waals surface area contributed by atoms with Gasteiger partial charge in [0.15, 0.2) is 6.10 Å². The predicted molar refractivity (Wildman–Crippen MR) is 96.7 cm³/mol.